The van der Waals surface area contributed by atoms with E-state index in [0.717, 1.165) is 0 Å². The van der Waals surface area contributed by atoms with Crippen LogP contribution in [-0.2, 0) is 4.79 Å². The number of carboxylic acids is 1. The molecular formula is C12H15ClFNO2. The Morgan fingerprint density at radius 3 is 2.53 bits per heavy atom. The molecule has 0 amide bonds. The number of halogens is 2. The van der Waals surface area contributed by atoms with Gasteiger partial charge >= 0.3 is 5.97 Å². The molecule has 0 saturated carbocycles. The van der Waals surface area contributed by atoms with Crippen LogP contribution in [-0.4, -0.2) is 16.6 Å². The number of hydrogen-bond donors (Lipinski definition) is 2. The summed E-state index contributed by atoms with van der Waals surface area (Å²) in [7, 11) is 0. The largest absolute Gasteiger partial charge is 0.481 e. The van der Waals surface area contributed by atoms with Gasteiger partial charge in [-0.2, -0.15) is 0 Å². The third-order valence-electron chi connectivity index (χ3n) is 2.56. The quantitative estimate of drug-likeness (QED) is 0.874. The lowest BCUT2D eigenvalue weighted by Gasteiger charge is -2.30. The van der Waals surface area contributed by atoms with Crippen LogP contribution in [0.15, 0.2) is 18.2 Å². The van der Waals surface area contributed by atoms with Gasteiger partial charge in [-0.15, -0.1) is 0 Å². The van der Waals surface area contributed by atoms with E-state index in [2.05, 4.69) is 0 Å². The molecule has 5 heteroatoms. The number of carboxylic acid groups (broad SMARTS) is 1. The highest BCUT2D eigenvalue weighted by atomic mass is 35.5. The molecule has 0 aliphatic heterocycles. The lowest BCUT2D eigenvalue weighted by molar-refractivity contribution is -0.137. The van der Waals surface area contributed by atoms with Crippen molar-refractivity contribution in [3.05, 3.63) is 34.6 Å². The molecule has 0 aliphatic carbocycles. The molecule has 0 aliphatic rings. The maximum Gasteiger partial charge on any atom is 0.304 e. The van der Waals surface area contributed by atoms with E-state index in [9.17, 15) is 9.18 Å². The third kappa shape index (κ3) is 3.98. The zero-order valence-electron chi connectivity index (χ0n) is 9.71. The first-order valence-corrected chi connectivity index (χ1v) is 5.54. The predicted octanol–water partition coefficient (Wildman–Crippen LogP) is 2.77. The van der Waals surface area contributed by atoms with E-state index in [1.165, 1.54) is 12.1 Å². The Bertz CT molecular complexity index is 409. The van der Waals surface area contributed by atoms with Gasteiger partial charge in [-0.25, -0.2) is 4.39 Å². The fourth-order valence-corrected chi connectivity index (χ4v) is 1.99. The minimum absolute atomic E-state index is 0.163. The standard InChI is InChI=1S/C12H15ClFNO2/c1-12(2,15)10(6-11(16)17)7-3-8(13)5-9(14)4-7/h3-5,10H,6,15H2,1-2H3,(H,16,17). The van der Waals surface area contributed by atoms with Gasteiger partial charge in [0, 0.05) is 16.5 Å². The summed E-state index contributed by atoms with van der Waals surface area (Å²) in [5.41, 5.74) is 5.67. The van der Waals surface area contributed by atoms with E-state index < -0.39 is 23.2 Å². The maximum absolute atomic E-state index is 13.2. The first kappa shape index (κ1) is 13.9. The number of hydrogen-bond acceptors (Lipinski definition) is 2. The Hall–Kier alpha value is -1.13. The zero-order chi connectivity index (χ0) is 13.2. The normalized spacial score (nSPS) is 13.5. The lowest BCUT2D eigenvalue weighted by Crippen LogP contribution is -2.40. The first-order chi connectivity index (χ1) is 7.70. The van der Waals surface area contributed by atoms with E-state index in [4.69, 9.17) is 22.4 Å². The molecule has 1 unspecified atom stereocenters. The summed E-state index contributed by atoms with van der Waals surface area (Å²) in [6.45, 7) is 3.42. The van der Waals surface area contributed by atoms with Gasteiger partial charge in [-0.3, -0.25) is 4.79 Å². The molecule has 3 nitrogen and oxygen atoms in total. The van der Waals surface area contributed by atoms with Gasteiger partial charge in [-0.05, 0) is 37.6 Å². The average molecular weight is 260 g/mol. The van der Waals surface area contributed by atoms with Gasteiger partial charge in [0.25, 0.3) is 0 Å². The Morgan fingerprint density at radius 1 is 1.53 bits per heavy atom. The van der Waals surface area contributed by atoms with Gasteiger partial charge in [0.2, 0.25) is 0 Å². The second-order valence-electron chi connectivity index (χ2n) is 4.67. The van der Waals surface area contributed by atoms with E-state index in [1.54, 1.807) is 19.9 Å². The van der Waals surface area contributed by atoms with Crippen molar-refractivity contribution in [2.24, 2.45) is 5.73 Å². The molecule has 0 radical (unpaired) electrons. The number of rotatable bonds is 4. The molecule has 0 heterocycles. The Labute approximate surface area is 104 Å². The van der Waals surface area contributed by atoms with Crippen LogP contribution in [0.4, 0.5) is 4.39 Å². The van der Waals surface area contributed by atoms with Crippen LogP contribution >= 0.6 is 11.6 Å². The van der Waals surface area contributed by atoms with E-state index >= 15 is 0 Å². The Balaban J connectivity index is 3.17. The van der Waals surface area contributed by atoms with Gasteiger partial charge in [0.05, 0.1) is 6.42 Å². The van der Waals surface area contributed by atoms with Crippen LogP contribution in [0.25, 0.3) is 0 Å². The highest BCUT2D eigenvalue weighted by Crippen LogP contribution is 2.31. The fraction of sp³-hybridized carbons (Fsp3) is 0.417. The second kappa shape index (κ2) is 5.02. The van der Waals surface area contributed by atoms with Crippen molar-refractivity contribution < 1.29 is 14.3 Å². The summed E-state index contributed by atoms with van der Waals surface area (Å²) in [5, 5.41) is 9.10. The first-order valence-electron chi connectivity index (χ1n) is 5.17. The highest BCUT2D eigenvalue weighted by Gasteiger charge is 2.29. The Morgan fingerprint density at radius 2 is 2.12 bits per heavy atom. The van der Waals surface area contributed by atoms with Gasteiger partial charge < -0.3 is 10.8 Å². The van der Waals surface area contributed by atoms with Crippen LogP contribution in [0.1, 0.15) is 31.7 Å². The van der Waals surface area contributed by atoms with Gasteiger partial charge in [0.1, 0.15) is 5.82 Å². The minimum atomic E-state index is -0.978. The molecule has 3 N–H and O–H groups in total. The van der Waals surface area contributed by atoms with Crippen molar-refractivity contribution in [3.8, 4) is 0 Å². The summed E-state index contributed by atoms with van der Waals surface area (Å²) < 4.78 is 13.2. The molecule has 1 aromatic rings. The molecule has 1 atom stereocenters. The third-order valence-corrected chi connectivity index (χ3v) is 2.78. The molecule has 0 spiro atoms. The molecule has 0 aromatic heterocycles. The van der Waals surface area contributed by atoms with Crippen molar-refractivity contribution in [1.29, 1.82) is 0 Å². The van der Waals surface area contributed by atoms with Crippen LogP contribution in [0.2, 0.25) is 5.02 Å². The smallest absolute Gasteiger partial charge is 0.304 e. The maximum atomic E-state index is 13.2. The molecule has 0 saturated heterocycles. The summed E-state index contributed by atoms with van der Waals surface area (Å²) in [6.07, 6.45) is -0.163. The lowest BCUT2D eigenvalue weighted by atomic mass is 9.80. The summed E-state index contributed by atoms with van der Waals surface area (Å²) in [6, 6.07) is 3.99. The van der Waals surface area contributed by atoms with Crippen molar-refractivity contribution in [1.82, 2.24) is 0 Å². The molecule has 0 fully saturated rings. The Kier molecular flexibility index (Phi) is 4.11. The van der Waals surface area contributed by atoms with E-state index in [0.29, 0.717) is 5.56 Å². The fourth-order valence-electron chi connectivity index (χ4n) is 1.76. The molecule has 94 valence electrons. The van der Waals surface area contributed by atoms with Gasteiger partial charge in [-0.1, -0.05) is 11.6 Å². The summed E-state index contributed by atoms with van der Waals surface area (Å²) in [5.74, 6) is -1.96. The molecular weight excluding hydrogens is 245 g/mol. The van der Waals surface area contributed by atoms with Crippen molar-refractivity contribution in [2.75, 3.05) is 0 Å². The summed E-state index contributed by atoms with van der Waals surface area (Å²) >= 11 is 5.75. The second-order valence-corrected chi connectivity index (χ2v) is 5.11. The van der Waals surface area contributed by atoms with Crippen LogP contribution in [0, 0.1) is 5.82 Å². The number of aliphatic carboxylic acids is 1. The highest BCUT2D eigenvalue weighted by molar-refractivity contribution is 6.30. The van der Waals surface area contributed by atoms with Crippen LogP contribution in [0.3, 0.4) is 0 Å². The van der Waals surface area contributed by atoms with E-state index in [1.807, 2.05) is 0 Å². The molecule has 0 bridgehead atoms. The average Bonchev–Trinajstić information content (AvgIpc) is 2.10. The number of benzene rings is 1. The van der Waals surface area contributed by atoms with Crippen LogP contribution in [0.5, 0.6) is 0 Å². The molecule has 1 rings (SSSR count). The topological polar surface area (TPSA) is 63.3 Å². The predicted molar refractivity (Wildman–Crippen MR) is 64.7 cm³/mol. The van der Waals surface area contributed by atoms with Crippen molar-refractivity contribution in [2.45, 2.75) is 31.7 Å². The minimum Gasteiger partial charge on any atom is -0.481 e. The zero-order valence-corrected chi connectivity index (χ0v) is 10.5. The number of nitrogens with two attached hydrogens (primary N) is 1. The monoisotopic (exact) mass is 259 g/mol. The van der Waals surface area contributed by atoms with E-state index in [-0.39, 0.29) is 11.4 Å². The summed E-state index contributed by atoms with van der Waals surface area (Å²) in [4.78, 5) is 10.8. The number of carbonyl (C=O) groups is 1. The molecule has 1 aromatic carbocycles. The van der Waals surface area contributed by atoms with Crippen LogP contribution < -0.4 is 5.73 Å². The molecule has 17 heavy (non-hydrogen) atoms. The van der Waals surface area contributed by atoms with Crippen molar-refractivity contribution in [3.63, 3.8) is 0 Å². The SMILES string of the molecule is CC(C)(N)C(CC(=O)O)c1cc(F)cc(Cl)c1. The van der Waals surface area contributed by atoms with Crippen molar-refractivity contribution >= 4 is 17.6 Å². The van der Waals surface area contributed by atoms with Gasteiger partial charge in [0.15, 0.2) is 0 Å².